The Balaban J connectivity index is 1.58. The molecule has 2 atom stereocenters. The number of alkyl halides is 6. The van der Waals surface area contributed by atoms with Crippen molar-refractivity contribution in [1.82, 2.24) is 4.90 Å². The van der Waals surface area contributed by atoms with Crippen LogP contribution in [0.25, 0.3) is 11.1 Å². The predicted octanol–water partition coefficient (Wildman–Crippen LogP) is 8.65. The molecule has 0 aliphatic carbocycles. The first kappa shape index (κ1) is 31.3. The molecule has 44 heavy (non-hydrogen) atoms. The van der Waals surface area contributed by atoms with E-state index in [4.69, 9.17) is 18.9 Å². The highest BCUT2D eigenvalue weighted by Gasteiger charge is 2.43. The number of carbonyl (C=O) groups excluding carboxylic acids is 1. The van der Waals surface area contributed by atoms with E-state index in [1.807, 2.05) is 20.8 Å². The standard InChI is InChI=1S/C31H28F7NO5/c1-15-27(16-6-18(30(33,34)35)9-19(7-16)31(36,37)38)44-28(40)39(15)13-17-8-25-26(43-14-42-25)11-20(17)21-10-22(29(2,3)4)23(32)12-24(21)41-5/h6-12,15,27H,13-14H2,1-5H3/t15-,27-/m0/s1. The lowest BCUT2D eigenvalue weighted by Crippen LogP contribution is -2.31. The van der Waals surface area contributed by atoms with Gasteiger partial charge in [-0.2, -0.15) is 26.3 Å². The van der Waals surface area contributed by atoms with Crippen LogP contribution in [-0.4, -0.2) is 30.9 Å². The van der Waals surface area contributed by atoms with Crippen LogP contribution < -0.4 is 14.2 Å². The minimum atomic E-state index is -5.07. The Morgan fingerprint density at radius 2 is 1.45 bits per heavy atom. The molecular weight excluding hydrogens is 599 g/mol. The molecule has 2 heterocycles. The Kier molecular flexibility index (Phi) is 7.66. The van der Waals surface area contributed by atoms with E-state index in [-0.39, 0.29) is 25.2 Å². The van der Waals surface area contributed by atoms with E-state index in [2.05, 4.69) is 0 Å². The van der Waals surface area contributed by atoms with Gasteiger partial charge in [0.15, 0.2) is 11.5 Å². The van der Waals surface area contributed by atoms with Gasteiger partial charge in [-0.1, -0.05) is 20.8 Å². The fraction of sp³-hybridized carbons (Fsp3) is 0.387. The zero-order valence-corrected chi connectivity index (χ0v) is 24.2. The monoisotopic (exact) mass is 627 g/mol. The number of methoxy groups -OCH3 is 1. The van der Waals surface area contributed by atoms with Crippen molar-refractivity contribution in [2.45, 2.75) is 64.2 Å². The van der Waals surface area contributed by atoms with E-state index in [1.165, 1.54) is 25.0 Å². The van der Waals surface area contributed by atoms with E-state index < -0.39 is 58.5 Å². The molecule has 1 amide bonds. The highest BCUT2D eigenvalue weighted by molar-refractivity contribution is 5.78. The number of fused-ring (bicyclic) bond motifs is 1. The predicted molar refractivity (Wildman–Crippen MR) is 144 cm³/mol. The van der Waals surface area contributed by atoms with Gasteiger partial charge >= 0.3 is 18.4 Å². The number of nitrogens with zero attached hydrogens (tertiary/aromatic N) is 1. The molecule has 0 bridgehead atoms. The van der Waals surface area contributed by atoms with E-state index >= 15 is 4.39 Å². The second-order valence-corrected chi connectivity index (χ2v) is 11.7. The summed E-state index contributed by atoms with van der Waals surface area (Å²) in [5.74, 6) is 0.435. The van der Waals surface area contributed by atoms with E-state index in [9.17, 15) is 31.1 Å². The lowest BCUT2D eigenvalue weighted by atomic mass is 9.84. The summed E-state index contributed by atoms with van der Waals surface area (Å²) in [4.78, 5) is 14.3. The molecule has 0 spiro atoms. The summed E-state index contributed by atoms with van der Waals surface area (Å²) in [5, 5.41) is 0. The molecule has 3 aromatic rings. The molecule has 2 aliphatic rings. The van der Waals surface area contributed by atoms with E-state index in [0.29, 0.717) is 45.9 Å². The second kappa shape index (κ2) is 10.8. The van der Waals surface area contributed by atoms with Crippen LogP contribution in [0.2, 0.25) is 0 Å². The summed E-state index contributed by atoms with van der Waals surface area (Å²) in [6, 6.07) is 6.27. The highest BCUT2D eigenvalue weighted by Crippen LogP contribution is 2.46. The Morgan fingerprint density at radius 1 is 0.864 bits per heavy atom. The third-order valence-corrected chi connectivity index (χ3v) is 7.66. The largest absolute Gasteiger partial charge is 0.496 e. The Morgan fingerprint density at radius 3 is 2.00 bits per heavy atom. The fourth-order valence-electron chi connectivity index (χ4n) is 5.36. The molecule has 13 heteroatoms. The Bertz CT molecular complexity index is 1580. The molecule has 3 aromatic carbocycles. The number of rotatable bonds is 5. The van der Waals surface area contributed by atoms with Gasteiger partial charge < -0.3 is 18.9 Å². The molecular formula is C31H28F7NO5. The van der Waals surface area contributed by atoms with Gasteiger partial charge in [-0.3, -0.25) is 4.90 Å². The molecule has 6 nitrogen and oxygen atoms in total. The smallest absolute Gasteiger partial charge is 0.416 e. The third kappa shape index (κ3) is 5.83. The molecule has 1 saturated heterocycles. The van der Waals surface area contributed by atoms with Crippen LogP contribution in [0.4, 0.5) is 35.5 Å². The van der Waals surface area contributed by atoms with Crippen molar-refractivity contribution in [3.63, 3.8) is 0 Å². The highest BCUT2D eigenvalue weighted by atomic mass is 19.4. The second-order valence-electron chi connectivity index (χ2n) is 11.7. The van der Waals surface area contributed by atoms with Gasteiger partial charge in [0.05, 0.1) is 30.8 Å². The molecule has 236 valence electrons. The summed E-state index contributed by atoms with van der Waals surface area (Å²) in [6.45, 7) is 6.71. The number of cyclic esters (lactones) is 1. The van der Waals surface area contributed by atoms with Crippen LogP contribution in [0.15, 0.2) is 42.5 Å². The van der Waals surface area contributed by atoms with Gasteiger partial charge in [-0.25, -0.2) is 9.18 Å². The average Bonchev–Trinajstić information content (AvgIpc) is 3.49. The third-order valence-electron chi connectivity index (χ3n) is 7.66. The first-order chi connectivity index (χ1) is 20.4. The van der Waals surface area contributed by atoms with E-state index in [1.54, 1.807) is 18.2 Å². The molecule has 1 fully saturated rings. The topological polar surface area (TPSA) is 57.2 Å². The van der Waals surface area contributed by atoms with Crippen LogP contribution in [0.3, 0.4) is 0 Å². The minimum Gasteiger partial charge on any atom is -0.496 e. The zero-order valence-electron chi connectivity index (χ0n) is 24.2. The molecule has 0 N–H and O–H groups in total. The molecule has 0 unspecified atom stereocenters. The lowest BCUT2D eigenvalue weighted by Gasteiger charge is -2.25. The number of ether oxygens (including phenoxy) is 4. The lowest BCUT2D eigenvalue weighted by molar-refractivity contribution is -0.143. The van der Waals surface area contributed by atoms with Crippen LogP contribution in [0.1, 0.15) is 61.6 Å². The van der Waals surface area contributed by atoms with Crippen LogP contribution in [0.5, 0.6) is 17.2 Å². The molecule has 5 rings (SSSR count). The Labute approximate surface area is 248 Å². The zero-order chi connectivity index (χ0) is 32.4. The van der Waals surface area contributed by atoms with Crippen molar-refractivity contribution in [2.24, 2.45) is 0 Å². The summed E-state index contributed by atoms with van der Waals surface area (Å²) < 4.78 is 118. The summed E-state index contributed by atoms with van der Waals surface area (Å²) >= 11 is 0. The number of benzene rings is 3. The summed E-state index contributed by atoms with van der Waals surface area (Å²) in [7, 11) is 1.37. The molecule has 0 radical (unpaired) electrons. The maximum absolute atomic E-state index is 15.1. The van der Waals surface area contributed by atoms with Crippen LogP contribution in [-0.2, 0) is 29.0 Å². The normalized spacial score (nSPS) is 18.5. The van der Waals surface area contributed by atoms with Gasteiger partial charge in [0.2, 0.25) is 6.79 Å². The Hall–Kier alpha value is -4.16. The van der Waals surface area contributed by atoms with Crippen molar-refractivity contribution in [3.8, 4) is 28.4 Å². The number of hydrogen-bond donors (Lipinski definition) is 0. The van der Waals surface area contributed by atoms with Gasteiger partial charge in [0.25, 0.3) is 0 Å². The van der Waals surface area contributed by atoms with Gasteiger partial charge in [-0.15, -0.1) is 0 Å². The fourth-order valence-corrected chi connectivity index (χ4v) is 5.36. The maximum Gasteiger partial charge on any atom is 0.416 e. The summed E-state index contributed by atoms with van der Waals surface area (Å²) in [5.41, 5.74) is -2.27. The van der Waals surface area contributed by atoms with Crippen molar-refractivity contribution in [1.29, 1.82) is 0 Å². The molecule has 0 saturated carbocycles. The summed E-state index contributed by atoms with van der Waals surface area (Å²) in [6.07, 6.45) is -12.5. The molecule has 0 aromatic heterocycles. The van der Waals surface area contributed by atoms with Crippen molar-refractivity contribution in [3.05, 3.63) is 76.1 Å². The van der Waals surface area contributed by atoms with Crippen LogP contribution in [0, 0.1) is 5.82 Å². The number of carbonyl (C=O) groups is 1. The van der Waals surface area contributed by atoms with Crippen LogP contribution >= 0.6 is 0 Å². The number of hydrogen-bond acceptors (Lipinski definition) is 5. The molecule has 2 aliphatic heterocycles. The first-order valence-electron chi connectivity index (χ1n) is 13.5. The number of amides is 1. The van der Waals surface area contributed by atoms with Gasteiger partial charge in [0.1, 0.15) is 17.7 Å². The SMILES string of the molecule is COc1cc(F)c(C(C)(C)C)cc1-c1cc2c(cc1CN1C(=O)O[C@H](c3cc(C(F)(F)F)cc(C(F)(F)F)c3)[C@@H]1C)OCO2. The van der Waals surface area contributed by atoms with Crippen molar-refractivity contribution >= 4 is 6.09 Å². The maximum atomic E-state index is 15.1. The quantitative estimate of drug-likeness (QED) is 0.265. The van der Waals surface area contributed by atoms with E-state index in [0.717, 1.165) is 0 Å². The number of halogens is 7. The first-order valence-corrected chi connectivity index (χ1v) is 13.5. The average molecular weight is 628 g/mol. The van der Waals surface area contributed by atoms with Crippen molar-refractivity contribution < 1.29 is 54.5 Å². The van der Waals surface area contributed by atoms with Gasteiger partial charge in [-0.05, 0) is 71.0 Å². The minimum absolute atomic E-state index is 0.0174. The van der Waals surface area contributed by atoms with Crippen molar-refractivity contribution in [2.75, 3.05) is 13.9 Å². The van der Waals surface area contributed by atoms with Gasteiger partial charge in [0, 0.05) is 11.6 Å².